The van der Waals surface area contributed by atoms with Gasteiger partial charge < -0.3 is 10.1 Å². The standard InChI is InChI=1S/C15H15BrFNO/c16-13-3-1-12(2-4-13)11-19-10-9-18-15-7-5-14(17)6-8-15/h1-8,18H,9-11H2. The maximum Gasteiger partial charge on any atom is 0.123 e. The molecule has 2 aromatic rings. The van der Waals surface area contributed by atoms with Gasteiger partial charge in [-0.3, -0.25) is 0 Å². The van der Waals surface area contributed by atoms with Crippen LogP contribution in [0.15, 0.2) is 53.0 Å². The number of hydrogen-bond acceptors (Lipinski definition) is 2. The summed E-state index contributed by atoms with van der Waals surface area (Å²) in [4.78, 5) is 0. The van der Waals surface area contributed by atoms with Crippen molar-refractivity contribution >= 4 is 21.6 Å². The fourth-order valence-electron chi connectivity index (χ4n) is 1.61. The summed E-state index contributed by atoms with van der Waals surface area (Å²) in [6.45, 7) is 1.90. The zero-order valence-corrected chi connectivity index (χ0v) is 12.0. The van der Waals surface area contributed by atoms with E-state index in [1.807, 2.05) is 24.3 Å². The number of ether oxygens (including phenoxy) is 1. The van der Waals surface area contributed by atoms with Gasteiger partial charge in [-0.15, -0.1) is 0 Å². The molecule has 0 heterocycles. The molecule has 0 aromatic heterocycles. The molecule has 100 valence electrons. The smallest absolute Gasteiger partial charge is 0.123 e. The Morgan fingerprint density at radius 3 is 2.37 bits per heavy atom. The van der Waals surface area contributed by atoms with Gasteiger partial charge in [-0.25, -0.2) is 4.39 Å². The van der Waals surface area contributed by atoms with Crippen molar-refractivity contribution < 1.29 is 9.13 Å². The average molecular weight is 324 g/mol. The summed E-state index contributed by atoms with van der Waals surface area (Å²) >= 11 is 3.39. The molecule has 0 atom stereocenters. The lowest BCUT2D eigenvalue weighted by Crippen LogP contribution is -2.09. The highest BCUT2D eigenvalue weighted by atomic mass is 79.9. The van der Waals surface area contributed by atoms with Crippen LogP contribution >= 0.6 is 15.9 Å². The molecule has 0 radical (unpaired) electrons. The number of nitrogens with one attached hydrogen (secondary N) is 1. The number of rotatable bonds is 6. The highest BCUT2D eigenvalue weighted by Gasteiger charge is 1.95. The summed E-state index contributed by atoms with van der Waals surface area (Å²) in [5.74, 6) is -0.225. The Morgan fingerprint density at radius 2 is 1.68 bits per heavy atom. The van der Waals surface area contributed by atoms with Gasteiger partial charge in [-0.05, 0) is 42.0 Å². The molecule has 2 aromatic carbocycles. The van der Waals surface area contributed by atoms with Gasteiger partial charge in [0, 0.05) is 16.7 Å². The lowest BCUT2D eigenvalue weighted by Gasteiger charge is -2.07. The second-order valence-electron chi connectivity index (χ2n) is 4.11. The van der Waals surface area contributed by atoms with Crippen LogP contribution in [0.5, 0.6) is 0 Å². The third-order valence-electron chi connectivity index (χ3n) is 2.60. The number of hydrogen-bond donors (Lipinski definition) is 1. The molecule has 0 aliphatic rings. The topological polar surface area (TPSA) is 21.3 Å². The van der Waals surface area contributed by atoms with Crippen LogP contribution in [-0.2, 0) is 11.3 Å². The Kier molecular flexibility index (Phi) is 5.36. The van der Waals surface area contributed by atoms with Gasteiger partial charge in [0.1, 0.15) is 5.82 Å². The monoisotopic (exact) mass is 323 g/mol. The Morgan fingerprint density at radius 1 is 1.00 bits per heavy atom. The minimum Gasteiger partial charge on any atom is -0.383 e. The van der Waals surface area contributed by atoms with Crippen molar-refractivity contribution in [3.63, 3.8) is 0 Å². The van der Waals surface area contributed by atoms with Crippen molar-refractivity contribution in [3.05, 3.63) is 64.4 Å². The van der Waals surface area contributed by atoms with Crippen LogP contribution < -0.4 is 5.32 Å². The number of halogens is 2. The third-order valence-corrected chi connectivity index (χ3v) is 3.13. The number of benzene rings is 2. The van der Waals surface area contributed by atoms with Gasteiger partial charge in [0.25, 0.3) is 0 Å². The minimum atomic E-state index is -0.225. The normalized spacial score (nSPS) is 10.4. The summed E-state index contributed by atoms with van der Waals surface area (Å²) in [5, 5.41) is 3.17. The van der Waals surface area contributed by atoms with Crippen molar-refractivity contribution in [3.8, 4) is 0 Å². The first-order valence-electron chi connectivity index (χ1n) is 6.06. The van der Waals surface area contributed by atoms with E-state index in [1.54, 1.807) is 12.1 Å². The van der Waals surface area contributed by atoms with Crippen molar-refractivity contribution in [2.75, 3.05) is 18.5 Å². The SMILES string of the molecule is Fc1ccc(NCCOCc2ccc(Br)cc2)cc1. The molecule has 0 bridgehead atoms. The first-order valence-corrected chi connectivity index (χ1v) is 6.85. The minimum absolute atomic E-state index is 0.225. The Labute approximate surface area is 120 Å². The first-order chi connectivity index (χ1) is 9.24. The van der Waals surface area contributed by atoms with E-state index in [4.69, 9.17) is 4.74 Å². The van der Waals surface area contributed by atoms with Crippen molar-refractivity contribution in [1.82, 2.24) is 0 Å². The van der Waals surface area contributed by atoms with Gasteiger partial charge in [0.15, 0.2) is 0 Å². The van der Waals surface area contributed by atoms with Crippen LogP contribution in [0.4, 0.5) is 10.1 Å². The highest BCUT2D eigenvalue weighted by Crippen LogP contribution is 2.11. The zero-order valence-electron chi connectivity index (χ0n) is 10.4. The summed E-state index contributed by atoms with van der Waals surface area (Å²) in [7, 11) is 0. The molecule has 2 nitrogen and oxygen atoms in total. The molecule has 0 aliphatic carbocycles. The molecule has 0 saturated heterocycles. The van der Waals surface area contributed by atoms with Crippen molar-refractivity contribution in [2.45, 2.75) is 6.61 Å². The first kappa shape index (κ1) is 14.0. The van der Waals surface area contributed by atoms with Crippen LogP contribution in [0.25, 0.3) is 0 Å². The van der Waals surface area contributed by atoms with Gasteiger partial charge in [-0.1, -0.05) is 28.1 Å². The van der Waals surface area contributed by atoms with E-state index in [-0.39, 0.29) is 5.82 Å². The molecule has 0 spiro atoms. The van der Waals surface area contributed by atoms with E-state index >= 15 is 0 Å². The molecular formula is C15H15BrFNO. The Hall–Kier alpha value is -1.39. The average Bonchev–Trinajstić information content (AvgIpc) is 2.43. The van der Waals surface area contributed by atoms with Gasteiger partial charge in [-0.2, -0.15) is 0 Å². The summed E-state index contributed by atoms with van der Waals surface area (Å²) in [6.07, 6.45) is 0. The maximum absolute atomic E-state index is 12.7. The van der Waals surface area contributed by atoms with Crippen molar-refractivity contribution in [1.29, 1.82) is 0 Å². The molecule has 0 saturated carbocycles. The van der Waals surface area contributed by atoms with Gasteiger partial charge in [0.2, 0.25) is 0 Å². The maximum atomic E-state index is 12.7. The van der Waals surface area contributed by atoms with Gasteiger partial charge >= 0.3 is 0 Å². The molecule has 0 aliphatic heterocycles. The predicted molar refractivity (Wildman–Crippen MR) is 78.7 cm³/mol. The van der Waals surface area contributed by atoms with E-state index in [2.05, 4.69) is 21.2 Å². The Bertz CT molecular complexity index is 451. The fraction of sp³-hybridized carbons (Fsp3) is 0.200. The predicted octanol–water partition coefficient (Wildman–Crippen LogP) is 4.22. The zero-order chi connectivity index (χ0) is 13.5. The quantitative estimate of drug-likeness (QED) is 0.804. The number of anilines is 1. The fourth-order valence-corrected chi connectivity index (χ4v) is 1.87. The second kappa shape index (κ2) is 7.26. The van der Waals surface area contributed by atoms with E-state index in [9.17, 15) is 4.39 Å². The van der Waals surface area contributed by atoms with E-state index in [1.165, 1.54) is 12.1 Å². The molecule has 19 heavy (non-hydrogen) atoms. The largest absolute Gasteiger partial charge is 0.383 e. The highest BCUT2D eigenvalue weighted by molar-refractivity contribution is 9.10. The summed E-state index contributed by atoms with van der Waals surface area (Å²) in [5.41, 5.74) is 2.04. The molecular weight excluding hydrogens is 309 g/mol. The molecule has 0 amide bonds. The van der Waals surface area contributed by atoms with Crippen LogP contribution in [0, 0.1) is 5.82 Å². The summed E-state index contributed by atoms with van der Waals surface area (Å²) in [6, 6.07) is 14.3. The lowest BCUT2D eigenvalue weighted by molar-refractivity contribution is 0.130. The van der Waals surface area contributed by atoms with Gasteiger partial charge in [0.05, 0.1) is 13.2 Å². The van der Waals surface area contributed by atoms with E-state index in [0.717, 1.165) is 15.7 Å². The van der Waals surface area contributed by atoms with E-state index < -0.39 is 0 Å². The molecule has 1 N–H and O–H groups in total. The van der Waals surface area contributed by atoms with Crippen LogP contribution in [0.3, 0.4) is 0 Å². The van der Waals surface area contributed by atoms with E-state index in [0.29, 0.717) is 19.8 Å². The summed E-state index contributed by atoms with van der Waals surface area (Å²) < 4.78 is 19.3. The molecule has 0 fully saturated rings. The molecule has 0 unspecified atom stereocenters. The molecule has 4 heteroatoms. The van der Waals surface area contributed by atoms with Crippen LogP contribution in [-0.4, -0.2) is 13.2 Å². The van der Waals surface area contributed by atoms with Crippen LogP contribution in [0.2, 0.25) is 0 Å². The Balaban J connectivity index is 1.64. The second-order valence-corrected chi connectivity index (χ2v) is 5.03. The van der Waals surface area contributed by atoms with Crippen molar-refractivity contribution in [2.24, 2.45) is 0 Å². The lowest BCUT2D eigenvalue weighted by atomic mass is 10.2. The molecule has 2 rings (SSSR count). The third kappa shape index (κ3) is 5.01. The van der Waals surface area contributed by atoms with Crippen LogP contribution in [0.1, 0.15) is 5.56 Å².